The van der Waals surface area contributed by atoms with Crippen LogP contribution in [0.1, 0.15) is 32.0 Å². The van der Waals surface area contributed by atoms with Crippen LogP contribution in [0.25, 0.3) is 6.08 Å². The number of nitrogens with zero attached hydrogens (tertiary/aromatic N) is 1. The molecule has 0 spiro atoms. The van der Waals surface area contributed by atoms with Crippen LogP contribution in [-0.2, 0) is 15.4 Å². The van der Waals surface area contributed by atoms with Crippen LogP contribution in [0.4, 0.5) is 10.4 Å². The number of nitrogens with one attached hydrogen (secondary N) is 1. The van der Waals surface area contributed by atoms with Crippen molar-refractivity contribution in [2.24, 2.45) is 0 Å². The number of hydrogen-bond acceptors (Lipinski definition) is 4. The summed E-state index contributed by atoms with van der Waals surface area (Å²) in [5.41, 5.74) is 0.971. The molecule has 1 aromatic heterocycles. The Morgan fingerprint density at radius 3 is 2.41 bits per heavy atom. The van der Waals surface area contributed by atoms with Gasteiger partial charge >= 0.3 is 6.01 Å². The molecule has 0 bridgehead atoms. The highest BCUT2D eigenvalue weighted by atomic mass is 32.2. The Morgan fingerprint density at radius 2 is 1.86 bits per heavy atom. The third-order valence-electron chi connectivity index (χ3n) is 2.81. The lowest BCUT2D eigenvalue weighted by Crippen LogP contribution is -2.13. The average molecular weight is 324 g/mol. The summed E-state index contributed by atoms with van der Waals surface area (Å²) in [6.07, 6.45) is 2.77. The second-order valence-corrected chi connectivity index (χ2v) is 7.36. The molecular weight excluding hydrogens is 307 g/mol. The van der Waals surface area contributed by atoms with Crippen LogP contribution in [-0.4, -0.2) is 13.4 Å². The van der Waals surface area contributed by atoms with Crippen LogP contribution < -0.4 is 4.72 Å². The van der Waals surface area contributed by atoms with Crippen LogP contribution in [0.15, 0.2) is 40.4 Å². The summed E-state index contributed by atoms with van der Waals surface area (Å²) in [4.78, 5) is 4.09. The van der Waals surface area contributed by atoms with Gasteiger partial charge in [-0.15, -0.1) is 0 Å². The first-order valence-corrected chi connectivity index (χ1v) is 8.13. The number of oxazole rings is 1. The maximum absolute atomic E-state index is 12.8. The highest BCUT2D eigenvalue weighted by Gasteiger charge is 2.20. The van der Waals surface area contributed by atoms with Crippen molar-refractivity contribution in [1.82, 2.24) is 4.98 Å². The van der Waals surface area contributed by atoms with Gasteiger partial charge in [0, 0.05) is 5.41 Å². The van der Waals surface area contributed by atoms with Gasteiger partial charge in [-0.05, 0) is 23.8 Å². The zero-order valence-electron chi connectivity index (χ0n) is 12.5. The maximum atomic E-state index is 12.8. The Labute approximate surface area is 128 Å². The van der Waals surface area contributed by atoms with E-state index >= 15 is 0 Å². The van der Waals surface area contributed by atoms with E-state index in [9.17, 15) is 12.8 Å². The summed E-state index contributed by atoms with van der Waals surface area (Å²) in [5.74, 6) is -0.382. The van der Waals surface area contributed by atoms with Crippen LogP contribution in [0.2, 0.25) is 0 Å². The van der Waals surface area contributed by atoms with Crippen molar-refractivity contribution >= 4 is 22.1 Å². The van der Waals surface area contributed by atoms with Gasteiger partial charge in [-0.3, -0.25) is 0 Å². The molecule has 7 heteroatoms. The van der Waals surface area contributed by atoms with E-state index in [0.717, 1.165) is 5.41 Å². The Morgan fingerprint density at radius 1 is 1.23 bits per heavy atom. The summed E-state index contributed by atoms with van der Waals surface area (Å²) >= 11 is 0. The number of aromatic nitrogens is 1. The molecule has 2 rings (SSSR count). The van der Waals surface area contributed by atoms with Crippen molar-refractivity contribution in [1.29, 1.82) is 0 Å². The minimum absolute atomic E-state index is 0.0892. The first-order valence-electron chi connectivity index (χ1n) is 6.58. The molecule has 0 unspecified atom stereocenters. The summed E-state index contributed by atoms with van der Waals surface area (Å²) in [7, 11) is -3.76. The average Bonchev–Trinajstić information content (AvgIpc) is 2.86. The van der Waals surface area contributed by atoms with E-state index in [1.807, 2.05) is 20.8 Å². The third kappa shape index (κ3) is 4.42. The van der Waals surface area contributed by atoms with Gasteiger partial charge in [-0.1, -0.05) is 32.9 Å². The van der Waals surface area contributed by atoms with E-state index in [2.05, 4.69) is 9.71 Å². The largest absolute Gasteiger partial charge is 0.431 e. The van der Waals surface area contributed by atoms with E-state index in [1.54, 1.807) is 0 Å². The highest BCUT2D eigenvalue weighted by molar-refractivity contribution is 7.95. The number of rotatable bonds is 4. The fraction of sp³-hybridized carbons (Fsp3) is 0.267. The minimum Gasteiger partial charge on any atom is -0.431 e. The molecule has 2 aromatic rings. The quantitative estimate of drug-likeness (QED) is 0.934. The van der Waals surface area contributed by atoms with Crippen molar-refractivity contribution in [3.8, 4) is 0 Å². The predicted molar refractivity (Wildman–Crippen MR) is 83.2 cm³/mol. The van der Waals surface area contributed by atoms with Gasteiger partial charge in [0.05, 0.1) is 11.1 Å². The Hall–Kier alpha value is -2.15. The van der Waals surface area contributed by atoms with Crippen molar-refractivity contribution in [3.63, 3.8) is 0 Å². The van der Waals surface area contributed by atoms with Gasteiger partial charge in [-0.2, -0.15) is 4.98 Å². The van der Waals surface area contributed by atoms with E-state index in [-0.39, 0.29) is 17.2 Å². The van der Waals surface area contributed by atoms with E-state index < -0.39 is 10.0 Å². The van der Waals surface area contributed by atoms with Crippen molar-refractivity contribution in [2.45, 2.75) is 26.2 Å². The third-order valence-corrected chi connectivity index (χ3v) is 3.77. The number of sulfonamides is 1. The zero-order chi connectivity index (χ0) is 16.4. The first-order chi connectivity index (χ1) is 10.2. The topological polar surface area (TPSA) is 72.2 Å². The highest BCUT2D eigenvalue weighted by Crippen LogP contribution is 2.23. The Kier molecular flexibility index (Phi) is 4.37. The second-order valence-electron chi connectivity index (χ2n) is 5.79. The van der Waals surface area contributed by atoms with E-state index in [4.69, 9.17) is 4.42 Å². The van der Waals surface area contributed by atoms with Crippen LogP contribution in [0.5, 0.6) is 0 Å². The molecule has 0 saturated carbocycles. The van der Waals surface area contributed by atoms with Crippen molar-refractivity contribution in [2.75, 3.05) is 4.72 Å². The molecule has 0 radical (unpaired) electrons. The molecule has 0 amide bonds. The number of halogens is 1. The van der Waals surface area contributed by atoms with Gasteiger partial charge in [0.25, 0.3) is 10.0 Å². The molecule has 1 N–H and O–H groups in total. The normalized spacial score (nSPS) is 12.7. The lowest BCUT2D eigenvalue weighted by Gasteiger charge is -2.12. The molecular formula is C15H17FN2O3S. The smallest absolute Gasteiger partial charge is 0.309 e. The number of benzene rings is 1. The fourth-order valence-electron chi connectivity index (χ4n) is 1.56. The predicted octanol–water partition coefficient (Wildman–Crippen LogP) is 3.52. The second kappa shape index (κ2) is 5.92. The van der Waals surface area contributed by atoms with Gasteiger partial charge in [0.1, 0.15) is 12.1 Å². The molecule has 1 aromatic carbocycles. The van der Waals surface area contributed by atoms with Gasteiger partial charge in [0.15, 0.2) is 0 Å². The molecule has 0 fully saturated rings. The Balaban J connectivity index is 2.11. The molecule has 22 heavy (non-hydrogen) atoms. The van der Waals surface area contributed by atoms with Crippen LogP contribution >= 0.6 is 0 Å². The Bertz CT molecular complexity index is 772. The van der Waals surface area contributed by atoms with Crippen molar-refractivity contribution in [3.05, 3.63) is 53.0 Å². The molecule has 0 aliphatic carbocycles. The SMILES string of the molecule is CC(C)(C)c1coc(NS(=O)(=O)C=Cc2ccc(F)cc2)n1. The fourth-order valence-corrected chi connectivity index (χ4v) is 2.30. The van der Waals surface area contributed by atoms with Crippen molar-refractivity contribution < 1.29 is 17.2 Å². The standard InChI is InChI=1S/C15H17FN2O3S/c1-15(2,3)13-10-21-14(17-13)18-22(19,20)9-8-11-4-6-12(16)7-5-11/h4-10H,1-3H3,(H,17,18). The van der Waals surface area contributed by atoms with Crippen LogP contribution in [0, 0.1) is 5.82 Å². The summed E-state index contributed by atoms with van der Waals surface area (Å²) < 4.78 is 44.0. The van der Waals surface area contributed by atoms with Gasteiger partial charge in [-0.25, -0.2) is 17.5 Å². The van der Waals surface area contributed by atoms with Crippen LogP contribution in [0.3, 0.4) is 0 Å². The zero-order valence-corrected chi connectivity index (χ0v) is 13.3. The number of anilines is 1. The molecule has 5 nitrogen and oxygen atoms in total. The lowest BCUT2D eigenvalue weighted by atomic mass is 9.93. The maximum Gasteiger partial charge on any atom is 0.309 e. The van der Waals surface area contributed by atoms with Gasteiger partial charge < -0.3 is 4.42 Å². The summed E-state index contributed by atoms with van der Waals surface area (Å²) in [6, 6.07) is 5.37. The number of hydrogen-bond donors (Lipinski definition) is 1. The van der Waals surface area contributed by atoms with E-state index in [0.29, 0.717) is 11.3 Å². The first kappa shape index (κ1) is 16.2. The lowest BCUT2D eigenvalue weighted by molar-refractivity contribution is 0.544. The van der Waals surface area contributed by atoms with E-state index in [1.165, 1.54) is 36.6 Å². The minimum atomic E-state index is -3.76. The molecule has 0 aliphatic rings. The monoisotopic (exact) mass is 324 g/mol. The molecule has 118 valence electrons. The molecule has 0 atom stereocenters. The molecule has 0 saturated heterocycles. The summed E-state index contributed by atoms with van der Waals surface area (Å²) in [6.45, 7) is 5.83. The summed E-state index contributed by atoms with van der Waals surface area (Å²) in [5, 5.41) is 0.973. The molecule has 0 aliphatic heterocycles. The molecule has 1 heterocycles. The van der Waals surface area contributed by atoms with Gasteiger partial charge in [0.2, 0.25) is 0 Å².